The first-order valence-corrected chi connectivity index (χ1v) is 8.74. The van der Waals surface area contributed by atoms with E-state index in [9.17, 15) is 13.7 Å². The van der Waals surface area contributed by atoms with Gasteiger partial charge in [-0.2, -0.15) is 13.7 Å². The molecule has 0 amide bonds. The molecule has 8 heteroatoms. The Morgan fingerprint density at radius 1 is 1.36 bits per heavy atom. The third-order valence-electron chi connectivity index (χ3n) is 2.66. The molecule has 22 heavy (non-hydrogen) atoms. The highest BCUT2D eigenvalue weighted by atomic mass is 32.2. The zero-order valence-electron chi connectivity index (χ0n) is 11.8. The standard InChI is InChI=1S/C14H12N2O4S2/c1-19-13-6-4-3-5-10(13)12(9-15)11-7-8-21-14(11)16-20-22(2,17)18/h3-8H,1-2H3/b12-11+,16-14-. The highest BCUT2D eigenvalue weighted by Gasteiger charge is 2.20. The molecule has 0 radical (unpaired) electrons. The quantitative estimate of drug-likeness (QED) is 0.620. The van der Waals surface area contributed by atoms with Crippen LogP contribution in [0.1, 0.15) is 5.56 Å². The van der Waals surface area contributed by atoms with Crippen molar-refractivity contribution in [2.45, 2.75) is 0 Å². The van der Waals surface area contributed by atoms with E-state index in [2.05, 4.69) is 15.5 Å². The van der Waals surface area contributed by atoms with Gasteiger partial charge in [0, 0.05) is 11.1 Å². The molecule has 0 saturated heterocycles. The highest BCUT2D eigenvalue weighted by Crippen LogP contribution is 2.34. The number of ether oxygens (including phenoxy) is 1. The van der Waals surface area contributed by atoms with Crippen LogP contribution in [0.3, 0.4) is 0 Å². The molecule has 1 aromatic rings. The maximum atomic E-state index is 11.0. The van der Waals surface area contributed by atoms with Crippen molar-refractivity contribution in [1.82, 2.24) is 0 Å². The maximum absolute atomic E-state index is 11.0. The van der Waals surface area contributed by atoms with E-state index in [1.54, 1.807) is 35.7 Å². The van der Waals surface area contributed by atoms with E-state index in [0.717, 1.165) is 6.26 Å². The Morgan fingerprint density at radius 2 is 2.09 bits per heavy atom. The lowest BCUT2D eigenvalue weighted by Gasteiger charge is -2.09. The number of rotatable bonds is 4. The molecule has 1 heterocycles. The summed E-state index contributed by atoms with van der Waals surface area (Å²) >= 11 is 1.17. The van der Waals surface area contributed by atoms with Crippen LogP contribution in [0.15, 0.2) is 46.5 Å². The molecular formula is C14H12N2O4S2. The van der Waals surface area contributed by atoms with Gasteiger partial charge in [0.15, 0.2) is 0 Å². The first-order valence-electron chi connectivity index (χ1n) is 6.04. The molecule has 0 spiro atoms. The molecule has 0 saturated carbocycles. The minimum absolute atomic E-state index is 0.299. The Balaban J connectivity index is 2.53. The second-order valence-electron chi connectivity index (χ2n) is 4.20. The van der Waals surface area contributed by atoms with E-state index in [1.807, 2.05) is 0 Å². The lowest BCUT2D eigenvalue weighted by Crippen LogP contribution is -2.02. The minimum atomic E-state index is -3.70. The first kappa shape index (κ1) is 16.1. The fourth-order valence-electron chi connectivity index (χ4n) is 1.78. The molecule has 6 nitrogen and oxygen atoms in total. The van der Waals surface area contributed by atoms with Crippen LogP contribution in [0.25, 0.3) is 5.57 Å². The van der Waals surface area contributed by atoms with Crippen molar-refractivity contribution in [3.63, 3.8) is 0 Å². The third-order valence-corrected chi connectivity index (χ3v) is 3.79. The number of nitriles is 1. The van der Waals surface area contributed by atoms with Gasteiger partial charge in [0.05, 0.1) is 18.9 Å². The summed E-state index contributed by atoms with van der Waals surface area (Å²) in [6, 6.07) is 9.17. The van der Waals surface area contributed by atoms with E-state index in [1.165, 1.54) is 18.9 Å². The summed E-state index contributed by atoms with van der Waals surface area (Å²) < 4.78 is 31.8. The van der Waals surface area contributed by atoms with Crippen LogP contribution in [0.4, 0.5) is 0 Å². The summed E-state index contributed by atoms with van der Waals surface area (Å²) in [5, 5.41) is 15.1. The molecule has 0 N–H and O–H groups in total. The molecule has 114 valence electrons. The van der Waals surface area contributed by atoms with Crippen LogP contribution in [0.5, 0.6) is 5.75 Å². The normalized spacial score (nSPS) is 18.1. The van der Waals surface area contributed by atoms with Crippen LogP contribution in [0, 0.1) is 11.3 Å². The van der Waals surface area contributed by atoms with E-state index < -0.39 is 10.1 Å². The summed E-state index contributed by atoms with van der Waals surface area (Å²) in [5.41, 5.74) is 1.41. The number of oxime groups is 1. The molecule has 0 unspecified atom stereocenters. The van der Waals surface area contributed by atoms with Gasteiger partial charge < -0.3 is 4.74 Å². The predicted molar refractivity (Wildman–Crippen MR) is 85.6 cm³/mol. The van der Waals surface area contributed by atoms with Crippen LogP contribution in [-0.4, -0.2) is 26.8 Å². The lowest BCUT2D eigenvalue weighted by atomic mass is 10.0. The molecule has 1 aliphatic rings. The summed E-state index contributed by atoms with van der Waals surface area (Å²) in [6.07, 6.45) is 2.58. The Hall–Kier alpha value is -2.24. The van der Waals surface area contributed by atoms with Crippen molar-refractivity contribution >= 4 is 32.5 Å². The lowest BCUT2D eigenvalue weighted by molar-refractivity contribution is 0.344. The van der Waals surface area contributed by atoms with Crippen LogP contribution < -0.4 is 4.74 Å². The number of methoxy groups -OCH3 is 1. The molecule has 2 rings (SSSR count). The number of hydrogen-bond donors (Lipinski definition) is 0. The third kappa shape index (κ3) is 3.69. The second kappa shape index (κ2) is 6.68. The van der Waals surface area contributed by atoms with Crippen molar-refractivity contribution in [3.05, 3.63) is 46.9 Å². The summed E-state index contributed by atoms with van der Waals surface area (Å²) in [5.74, 6) is 0.542. The SMILES string of the molecule is COc1ccccc1/C(C#N)=C1\C=CS\C1=N/OS(C)(=O)=O. The molecule has 0 bridgehead atoms. The largest absolute Gasteiger partial charge is 0.496 e. The Bertz CT molecular complexity index is 817. The van der Waals surface area contributed by atoms with Crippen LogP contribution in [-0.2, 0) is 14.4 Å². The average molecular weight is 336 g/mol. The van der Waals surface area contributed by atoms with Crippen LogP contribution >= 0.6 is 11.8 Å². The molecule has 1 aromatic carbocycles. The fourth-order valence-corrected chi connectivity index (χ4v) is 2.75. The first-order chi connectivity index (χ1) is 10.5. The number of nitrogens with zero attached hydrogens (tertiary/aromatic N) is 2. The minimum Gasteiger partial charge on any atom is -0.496 e. The monoisotopic (exact) mass is 336 g/mol. The van der Waals surface area contributed by atoms with Crippen molar-refractivity contribution in [3.8, 4) is 11.8 Å². The van der Waals surface area contributed by atoms with Crippen LogP contribution in [0.2, 0.25) is 0 Å². The topological polar surface area (TPSA) is 88.8 Å². The predicted octanol–water partition coefficient (Wildman–Crippen LogP) is 2.52. The van der Waals surface area contributed by atoms with Crippen molar-refractivity contribution in [2.24, 2.45) is 5.16 Å². The number of thioether (sulfide) groups is 1. The van der Waals surface area contributed by atoms with Gasteiger partial charge in [-0.25, -0.2) is 0 Å². The Morgan fingerprint density at radius 3 is 2.73 bits per heavy atom. The number of allylic oxidation sites excluding steroid dienone is 2. The van der Waals surface area contributed by atoms with Gasteiger partial charge in [-0.3, -0.25) is 4.28 Å². The molecule has 1 aliphatic heterocycles. The van der Waals surface area contributed by atoms with E-state index in [4.69, 9.17) is 4.74 Å². The molecule has 0 atom stereocenters. The fraction of sp³-hybridized carbons (Fsp3) is 0.143. The van der Waals surface area contributed by atoms with Gasteiger partial charge in [-0.15, -0.1) is 0 Å². The van der Waals surface area contributed by atoms with Gasteiger partial charge in [-0.1, -0.05) is 29.1 Å². The van der Waals surface area contributed by atoms with Crippen molar-refractivity contribution in [2.75, 3.05) is 13.4 Å². The average Bonchev–Trinajstić information content (AvgIpc) is 2.94. The molecule has 0 aromatic heterocycles. The molecule has 0 fully saturated rings. The number of hydrogen-bond acceptors (Lipinski definition) is 7. The van der Waals surface area contributed by atoms with E-state index >= 15 is 0 Å². The van der Waals surface area contributed by atoms with Gasteiger partial charge in [0.2, 0.25) is 0 Å². The van der Waals surface area contributed by atoms with Gasteiger partial charge >= 0.3 is 10.1 Å². The van der Waals surface area contributed by atoms with Gasteiger partial charge in [0.1, 0.15) is 16.9 Å². The van der Waals surface area contributed by atoms with Gasteiger partial charge in [0.25, 0.3) is 0 Å². The molecular weight excluding hydrogens is 324 g/mol. The number of benzene rings is 1. The highest BCUT2D eigenvalue weighted by molar-refractivity contribution is 8.17. The van der Waals surface area contributed by atoms with E-state index in [-0.39, 0.29) is 0 Å². The van der Waals surface area contributed by atoms with E-state index in [0.29, 0.717) is 27.5 Å². The summed E-state index contributed by atoms with van der Waals surface area (Å²) in [4.78, 5) is 0. The maximum Gasteiger partial charge on any atom is 0.325 e. The Kier molecular flexibility index (Phi) is 4.90. The zero-order valence-corrected chi connectivity index (χ0v) is 13.4. The van der Waals surface area contributed by atoms with Gasteiger partial charge in [-0.05, 0) is 23.6 Å². The number of para-hydroxylation sites is 1. The van der Waals surface area contributed by atoms with Crippen molar-refractivity contribution < 1.29 is 17.4 Å². The summed E-state index contributed by atoms with van der Waals surface area (Å²) in [7, 11) is -2.19. The summed E-state index contributed by atoms with van der Waals surface area (Å²) in [6.45, 7) is 0. The smallest absolute Gasteiger partial charge is 0.325 e. The Labute approximate surface area is 132 Å². The van der Waals surface area contributed by atoms with Crippen molar-refractivity contribution in [1.29, 1.82) is 5.26 Å². The molecule has 0 aliphatic carbocycles. The second-order valence-corrected chi connectivity index (χ2v) is 6.65. The zero-order chi connectivity index (χ0) is 16.2.